The van der Waals surface area contributed by atoms with Gasteiger partial charge >= 0.3 is 0 Å². The summed E-state index contributed by atoms with van der Waals surface area (Å²) < 4.78 is 5.08. The minimum atomic E-state index is -0.342. The fourth-order valence-corrected chi connectivity index (χ4v) is 2.80. The van der Waals surface area contributed by atoms with E-state index < -0.39 is 0 Å². The van der Waals surface area contributed by atoms with Crippen molar-refractivity contribution >= 4 is 29.1 Å². The van der Waals surface area contributed by atoms with Crippen molar-refractivity contribution in [2.75, 3.05) is 25.6 Å². The van der Waals surface area contributed by atoms with Gasteiger partial charge in [0.1, 0.15) is 0 Å². The zero-order valence-electron chi connectivity index (χ0n) is 13.1. The lowest BCUT2D eigenvalue weighted by molar-refractivity contribution is -0.130. The molecule has 1 saturated heterocycles. The number of hydrogen-bond donors (Lipinski definition) is 1. The van der Waals surface area contributed by atoms with Crippen LogP contribution in [0.1, 0.15) is 18.9 Å². The van der Waals surface area contributed by atoms with Gasteiger partial charge in [-0.1, -0.05) is 17.7 Å². The summed E-state index contributed by atoms with van der Waals surface area (Å²) in [6.07, 6.45) is 0.236. The van der Waals surface area contributed by atoms with E-state index in [1.165, 1.54) is 0 Å². The molecule has 0 radical (unpaired) electrons. The first-order valence-corrected chi connectivity index (χ1v) is 7.65. The van der Waals surface area contributed by atoms with Crippen LogP contribution >= 0.6 is 11.6 Å². The number of methoxy groups -OCH3 is 1. The number of likely N-dealkylation sites (tertiary alicyclic amines) is 1. The van der Waals surface area contributed by atoms with E-state index in [1.54, 1.807) is 24.1 Å². The fraction of sp³-hybridized carbons (Fsp3) is 0.500. The Morgan fingerprint density at radius 1 is 1.55 bits per heavy atom. The van der Waals surface area contributed by atoms with Crippen LogP contribution in [0.15, 0.2) is 18.2 Å². The van der Waals surface area contributed by atoms with Gasteiger partial charge in [-0.25, -0.2) is 0 Å². The molecule has 1 N–H and O–H groups in total. The number of rotatable bonds is 5. The Hall–Kier alpha value is -1.59. The number of nitrogens with one attached hydrogen (secondary N) is 1. The molecule has 1 aromatic carbocycles. The predicted molar refractivity (Wildman–Crippen MR) is 86.0 cm³/mol. The van der Waals surface area contributed by atoms with Gasteiger partial charge in [-0.15, -0.1) is 0 Å². The molecule has 1 aliphatic heterocycles. The van der Waals surface area contributed by atoms with Gasteiger partial charge in [-0.3, -0.25) is 9.59 Å². The van der Waals surface area contributed by atoms with Crippen LogP contribution in [0.5, 0.6) is 0 Å². The highest BCUT2D eigenvalue weighted by Crippen LogP contribution is 2.24. The summed E-state index contributed by atoms with van der Waals surface area (Å²) >= 11 is 5.96. The van der Waals surface area contributed by atoms with Gasteiger partial charge in [-0.2, -0.15) is 0 Å². The van der Waals surface area contributed by atoms with E-state index in [0.29, 0.717) is 23.9 Å². The van der Waals surface area contributed by atoms with Crippen LogP contribution < -0.4 is 5.32 Å². The Morgan fingerprint density at radius 2 is 2.27 bits per heavy atom. The summed E-state index contributed by atoms with van der Waals surface area (Å²) in [7, 11) is 1.60. The normalized spacial score (nSPS) is 19.4. The number of halogens is 1. The molecule has 2 atom stereocenters. The van der Waals surface area contributed by atoms with E-state index in [-0.39, 0.29) is 30.2 Å². The quantitative estimate of drug-likeness (QED) is 0.905. The lowest BCUT2D eigenvalue weighted by Gasteiger charge is -2.24. The lowest BCUT2D eigenvalue weighted by atomic mass is 10.1. The molecule has 120 valence electrons. The van der Waals surface area contributed by atoms with Crippen molar-refractivity contribution in [1.29, 1.82) is 0 Å². The Balaban J connectivity index is 2.02. The molecule has 1 aliphatic rings. The molecule has 1 aromatic rings. The molecule has 0 bridgehead atoms. The minimum absolute atomic E-state index is 0.00693. The Bertz CT molecular complexity index is 577. The molecule has 1 heterocycles. The first-order valence-electron chi connectivity index (χ1n) is 7.27. The Morgan fingerprint density at radius 3 is 2.95 bits per heavy atom. The van der Waals surface area contributed by atoms with E-state index in [4.69, 9.17) is 16.3 Å². The van der Waals surface area contributed by atoms with Crippen LogP contribution in [0.2, 0.25) is 5.02 Å². The maximum atomic E-state index is 12.4. The summed E-state index contributed by atoms with van der Waals surface area (Å²) in [5.41, 5.74) is 1.63. The Labute approximate surface area is 135 Å². The summed E-state index contributed by atoms with van der Waals surface area (Å²) in [4.78, 5) is 26.1. The maximum absolute atomic E-state index is 12.4. The second kappa shape index (κ2) is 7.11. The third-order valence-electron chi connectivity index (χ3n) is 3.93. The van der Waals surface area contributed by atoms with Gasteiger partial charge in [0.15, 0.2) is 0 Å². The molecule has 0 aliphatic carbocycles. The molecule has 0 spiro atoms. The monoisotopic (exact) mass is 324 g/mol. The molecular weight excluding hydrogens is 304 g/mol. The molecule has 22 heavy (non-hydrogen) atoms. The molecular formula is C16H21ClN2O3. The van der Waals surface area contributed by atoms with E-state index in [9.17, 15) is 9.59 Å². The standard InChI is InChI=1S/C16H21ClN2O3/c1-10-4-5-13(17)7-14(10)18-16(21)12-6-15(20)19(8-12)11(2)9-22-3/h4-5,7,11-12H,6,8-9H2,1-3H3,(H,18,21)/t11-,12-/m1/s1. The summed E-state index contributed by atoms with van der Waals surface area (Å²) in [5.74, 6) is -0.497. The van der Waals surface area contributed by atoms with Gasteiger partial charge < -0.3 is 15.0 Å². The van der Waals surface area contributed by atoms with E-state index in [1.807, 2.05) is 19.9 Å². The number of aryl methyl sites for hydroxylation is 1. The second-order valence-electron chi connectivity index (χ2n) is 5.70. The van der Waals surface area contributed by atoms with Gasteiger partial charge in [0.25, 0.3) is 0 Å². The smallest absolute Gasteiger partial charge is 0.229 e. The summed E-state index contributed by atoms with van der Waals surface area (Å²) in [6, 6.07) is 5.32. The molecule has 2 rings (SSSR count). The van der Waals surface area contributed by atoms with Crippen LogP contribution in [-0.2, 0) is 14.3 Å². The number of amides is 2. The van der Waals surface area contributed by atoms with Crippen molar-refractivity contribution in [2.24, 2.45) is 5.92 Å². The highest BCUT2D eigenvalue weighted by molar-refractivity contribution is 6.31. The van der Waals surface area contributed by atoms with Gasteiger partial charge in [0.05, 0.1) is 18.6 Å². The molecule has 5 nitrogen and oxygen atoms in total. The van der Waals surface area contributed by atoms with Crippen molar-refractivity contribution in [1.82, 2.24) is 4.90 Å². The SMILES string of the molecule is COC[C@@H](C)N1C[C@H](C(=O)Nc2cc(Cl)ccc2C)CC1=O. The number of ether oxygens (including phenoxy) is 1. The number of anilines is 1. The van der Waals surface area contributed by atoms with Crippen LogP contribution in [0.3, 0.4) is 0 Å². The number of hydrogen-bond acceptors (Lipinski definition) is 3. The van der Waals surface area contributed by atoms with Crippen molar-refractivity contribution in [2.45, 2.75) is 26.3 Å². The first-order chi connectivity index (χ1) is 10.4. The third-order valence-corrected chi connectivity index (χ3v) is 4.16. The second-order valence-corrected chi connectivity index (χ2v) is 6.14. The van der Waals surface area contributed by atoms with Crippen molar-refractivity contribution in [3.8, 4) is 0 Å². The number of carbonyl (C=O) groups is 2. The zero-order chi connectivity index (χ0) is 16.3. The largest absolute Gasteiger partial charge is 0.383 e. The molecule has 0 unspecified atom stereocenters. The summed E-state index contributed by atoms with van der Waals surface area (Å²) in [5, 5.41) is 3.44. The van der Waals surface area contributed by atoms with Crippen molar-refractivity contribution in [3.63, 3.8) is 0 Å². The molecule has 0 aromatic heterocycles. The average molecular weight is 325 g/mol. The molecule has 1 fully saturated rings. The molecule has 6 heteroatoms. The van der Waals surface area contributed by atoms with Crippen LogP contribution in [-0.4, -0.2) is 43.0 Å². The first kappa shape index (κ1) is 16.8. The zero-order valence-corrected chi connectivity index (χ0v) is 13.8. The van der Waals surface area contributed by atoms with E-state index in [2.05, 4.69) is 5.32 Å². The van der Waals surface area contributed by atoms with E-state index >= 15 is 0 Å². The number of carbonyl (C=O) groups excluding carboxylic acids is 2. The Kier molecular flexibility index (Phi) is 5.42. The third kappa shape index (κ3) is 3.78. The van der Waals surface area contributed by atoms with Gasteiger partial charge in [-0.05, 0) is 31.5 Å². The minimum Gasteiger partial charge on any atom is -0.383 e. The summed E-state index contributed by atoms with van der Waals surface area (Å²) in [6.45, 7) is 4.71. The number of benzene rings is 1. The lowest BCUT2D eigenvalue weighted by Crippen LogP contribution is -2.38. The van der Waals surface area contributed by atoms with Crippen LogP contribution in [0, 0.1) is 12.8 Å². The highest BCUT2D eigenvalue weighted by atomic mass is 35.5. The van der Waals surface area contributed by atoms with Crippen LogP contribution in [0.25, 0.3) is 0 Å². The van der Waals surface area contributed by atoms with Gasteiger partial charge in [0, 0.05) is 30.8 Å². The highest BCUT2D eigenvalue weighted by Gasteiger charge is 2.36. The van der Waals surface area contributed by atoms with Crippen molar-refractivity contribution in [3.05, 3.63) is 28.8 Å². The topological polar surface area (TPSA) is 58.6 Å². The van der Waals surface area contributed by atoms with Gasteiger partial charge in [0.2, 0.25) is 11.8 Å². The maximum Gasteiger partial charge on any atom is 0.229 e. The van der Waals surface area contributed by atoms with Crippen molar-refractivity contribution < 1.29 is 14.3 Å². The predicted octanol–water partition coefficient (Wildman–Crippen LogP) is 2.47. The average Bonchev–Trinajstić information content (AvgIpc) is 2.85. The number of nitrogens with zero attached hydrogens (tertiary/aromatic N) is 1. The molecule has 0 saturated carbocycles. The van der Waals surface area contributed by atoms with Crippen LogP contribution in [0.4, 0.5) is 5.69 Å². The molecule has 2 amide bonds. The fourth-order valence-electron chi connectivity index (χ4n) is 2.63. The van der Waals surface area contributed by atoms with E-state index in [0.717, 1.165) is 5.56 Å².